The number of aliphatic hydroxyl groups excluding tert-OH is 1. The number of aromatic hydroxyl groups is 1. The molecule has 0 radical (unpaired) electrons. The van der Waals surface area contributed by atoms with E-state index in [2.05, 4.69) is 25.4 Å². The summed E-state index contributed by atoms with van der Waals surface area (Å²) in [5, 5.41) is 25.7. The highest BCUT2D eigenvalue weighted by atomic mass is 32.1. The van der Waals surface area contributed by atoms with Crippen molar-refractivity contribution in [2.24, 2.45) is 0 Å². The Hall–Kier alpha value is -3.21. The number of carbonyl (C=O) groups excluding carboxylic acids is 1. The molecular formula is C23H28N6O3S. The summed E-state index contributed by atoms with van der Waals surface area (Å²) in [6, 6.07) is 9.17. The van der Waals surface area contributed by atoms with Crippen LogP contribution in [-0.2, 0) is 0 Å². The number of phenolic OH excluding ortho intramolecular Hbond substituents is 1. The number of pyridine rings is 1. The van der Waals surface area contributed by atoms with Crippen LogP contribution in [0.3, 0.4) is 0 Å². The summed E-state index contributed by atoms with van der Waals surface area (Å²) >= 11 is 1.24. The minimum Gasteiger partial charge on any atom is -0.508 e. The van der Waals surface area contributed by atoms with E-state index in [0.717, 1.165) is 37.6 Å². The van der Waals surface area contributed by atoms with E-state index in [0.29, 0.717) is 33.6 Å². The molecule has 33 heavy (non-hydrogen) atoms. The van der Waals surface area contributed by atoms with Crippen LogP contribution >= 0.6 is 11.3 Å². The maximum absolute atomic E-state index is 12.7. The second-order valence-corrected chi connectivity index (χ2v) is 8.97. The molecular weight excluding hydrogens is 440 g/mol. The molecule has 1 aliphatic rings. The summed E-state index contributed by atoms with van der Waals surface area (Å²) in [6.45, 7) is 8.02. The summed E-state index contributed by atoms with van der Waals surface area (Å²) in [5.41, 5.74) is 2.11. The van der Waals surface area contributed by atoms with Gasteiger partial charge in [0, 0.05) is 38.3 Å². The number of phenols is 1. The van der Waals surface area contributed by atoms with Crippen molar-refractivity contribution in [3.63, 3.8) is 0 Å². The number of β-amino-alcohol motifs (C(OH)–C–C–N with tert-alkyl or cyclic N) is 1. The first-order valence-electron chi connectivity index (χ1n) is 10.8. The van der Waals surface area contributed by atoms with Gasteiger partial charge in [0.25, 0.3) is 5.91 Å². The van der Waals surface area contributed by atoms with Crippen LogP contribution in [0.25, 0.3) is 0 Å². The Morgan fingerprint density at radius 3 is 2.70 bits per heavy atom. The molecule has 0 unspecified atom stereocenters. The van der Waals surface area contributed by atoms with Gasteiger partial charge in [-0.25, -0.2) is 9.97 Å². The topological polar surface area (TPSA) is 114 Å². The van der Waals surface area contributed by atoms with Gasteiger partial charge < -0.3 is 25.7 Å². The van der Waals surface area contributed by atoms with Crippen molar-refractivity contribution < 1.29 is 15.0 Å². The Morgan fingerprint density at radius 2 is 1.94 bits per heavy atom. The van der Waals surface area contributed by atoms with Gasteiger partial charge in [0.1, 0.15) is 22.3 Å². The molecule has 3 aromatic rings. The maximum Gasteiger partial charge on any atom is 0.267 e. The zero-order valence-corrected chi connectivity index (χ0v) is 19.5. The van der Waals surface area contributed by atoms with Gasteiger partial charge >= 0.3 is 0 Å². The number of carbonyl (C=O) groups is 1. The fraction of sp³-hybridized carbons (Fsp3) is 0.348. The summed E-state index contributed by atoms with van der Waals surface area (Å²) in [7, 11) is 0. The van der Waals surface area contributed by atoms with Gasteiger partial charge in [-0.15, -0.1) is 0 Å². The number of aliphatic hydroxyl groups is 1. The summed E-state index contributed by atoms with van der Waals surface area (Å²) in [6.07, 6.45) is 1.53. The van der Waals surface area contributed by atoms with Crippen LogP contribution in [-0.4, -0.2) is 70.3 Å². The molecule has 3 heterocycles. The lowest BCUT2D eigenvalue weighted by Crippen LogP contribution is -2.47. The number of hydrogen-bond acceptors (Lipinski definition) is 9. The van der Waals surface area contributed by atoms with Crippen molar-refractivity contribution in [2.75, 3.05) is 54.9 Å². The number of nitrogens with one attached hydrogen (secondary N) is 2. The van der Waals surface area contributed by atoms with E-state index in [4.69, 9.17) is 10.1 Å². The molecule has 0 spiro atoms. The van der Waals surface area contributed by atoms with E-state index in [1.807, 2.05) is 25.1 Å². The first-order valence-corrected chi connectivity index (χ1v) is 11.6. The maximum atomic E-state index is 12.7. The highest BCUT2D eigenvalue weighted by Gasteiger charge is 2.18. The predicted octanol–water partition coefficient (Wildman–Crippen LogP) is 2.97. The van der Waals surface area contributed by atoms with Gasteiger partial charge in [0.15, 0.2) is 5.13 Å². The standard InChI is InChI=1S/C23H28N6O3S/c1-15-6-7-17(31)16(2)21(15)27-22(32)18-14-24-23(33-18)26-19-4-3-5-20(25-19)29-10-8-28(9-11-29)12-13-30/h3-7,14,30-31H,8-13H2,1-2H3,(H,27,32)(H,24,25,26). The average molecular weight is 469 g/mol. The zero-order valence-electron chi connectivity index (χ0n) is 18.7. The van der Waals surface area contributed by atoms with Gasteiger partial charge in [-0.2, -0.15) is 0 Å². The molecule has 1 saturated heterocycles. The Bertz CT molecular complexity index is 1130. The van der Waals surface area contributed by atoms with Crippen LogP contribution in [0.15, 0.2) is 36.5 Å². The zero-order chi connectivity index (χ0) is 23.4. The molecule has 4 rings (SSSR count). The van der Waals surface area contributed by atoms with Crippen molar-refractivity contribution in [3.8, 4) is 5.75 Å². The van der Waals surface area contributed by atoms with Crippen molar-refractivity contribution in [3.05, 3.63) is 52.5 Å². The molecule has 1 fully saturated rings. The molecule has 0 saturated carbocycles. The molecule has 0 aliphatic carbocycles. The summed E-state index contributed by atoms with van der Waals surface area (Å²) < 4.78 is 0. The third kappa shape index (κ3) is 5.41. The largest absolute Gasteiger partial charge is 0.508 e. The van der Waals surface area contributed by atoms with E-state index in [9.17, 15) is 9.90 Å². The minimum absolute atomic E-state index is 0.142. The molecule has 1 aliphatic heterocycles. The van der Waals surface area contributed by atoms with Gasteiger partial charge in [0.2, 0.25) is 0 Å². The van der Waals surface area contributed by atoms with E-state index in [1.165, 1.54) is 17.5 Å². The van der Waals surface area contributed by atoms with Gasteiger partial charge in [-0.1, -0.05) is 23.5 Å². The van der Waals surface area contributed by atoms with Crippen LogP contribution < -0.4 is 15.5 Å². The minimum atomic E-state index is -0.278. The molecule has 174 valence electrons. The van der Waals surface area contributed by atoms with Crippen molar-refractivity contribution in [1.82, 2.24) is 14.9 Å². The fourth-order valence-corrected chi connectivity index (χ4v) is 4.48. The number of aromatic nitrogens is 2. The Labute approximate surface area is 196 Å². The Kier molecular flexibility index (Phi) is 7.07. The molecule has 0 atom stereocenters. The quantitative estimate of drug-likeness (QED) is 0.419. The average Bonchev–Trinajstić information content (AvgIpc) is 3.29. The number of thiazole rings is 1. The fourth-order valence-electron chi connectivity index (χ4n) is 3.76. The number of aryl methyl sites for hydroxylation is 1. The summed E-state index contributed by atoms with van der Waals surface area (Å²) in [5.74, 6) is 1.41. The SMILES string of the molecule is Cc1ccc(O)c(C)c1NC(=O)c1cnc(Nc2cccc(N3CCN(CCO)CC3)n2)s1. The molecule has 1 amide bonds. The van der Waals surface area contributed by atoms with Crippen LogP contribution in [0.5, 0.6) is 5.75 Å². The normalized spacial score (nSPS) is 14.3. The summed E-state index contributed by atoms with van der Waals surface area (Å²) in [4.78, 5) is 26.7. The van der Waals surface area contributed by atoms with Gasteiger partial charge in [0.05, 0.1) is 18.5 Å². The molecule has 1 aromatic carbocycles. The smallest absolute Gasteiger partial charge is 0.267 e. The van der Waals surface area contributed by atoms with E-state index in [1.54, 1.807) is 19.1 Å². The van der Waals surface area contributed by atoms with Crippen molar-refractivity contribution in [2.45, 2.75) is 13.8 Å². The second kappa shape index (κ2) is 10.2. The monoisotopic (exact) mass is 468 g/mol. The molecule has 2 aromatic heterocycles. The van der Waals surface area contributed by atoms with E-state index in [-0.39, 0.29) is 18.3 Å². The number of rotatable bonds is 7. The van der Waals surface area contributed by atoms with Crippen molar-refractivity contribution >= 4 is 39.7 Å². The van der Waals surface area contributed by atoms with Gasteiger partial charge in [-0.05, 0) is 37.6 Å². The highest BCUT2D eigenvalue weighted by molar-refractivity contribution is 7.17. The van der Waals surface area contributed by atoms with Crippen LogP contribution in [0.4, 0.5) is 22.5 Å². The number of benzene rings is 1. The van der Waals surface area contributed by atoms with Crippen LogP contribution in [0.2, 0.25) is 0 Å². The van der Waals surface area contributed by atoms with Gasteiger partial charge in [-0.3, -0.25) is 9.69 Å². The number of nitrogens with zero attached hydrogens (tertiary/aromatic N) is 4. The lowest BCUT2D eigenvalue weighted by Gasteiger charge is -2.35. The number of hydrogen-bond donors (Lipinski definition) is 4. The Balaban J connectivity index is 1.40. The molecule has 0 bridgehead atoms. The molecule has 9 nitrogen and oxygen atoms in total. The third-order valence-corrected chi connectivity index (χ3v) is 6.61. The highest BCUT2D eigenvalue weighted by Crippen LogP contribution is 2.29. The van der Waals surface area contributed by atoms with Crippen LogP contribution in [0.1, 0.15) is 20.8 Å². The first kappa shape index (κ1) is 23.0. The predicted molar refractivity (Wildman–Crippen MR) is 131 cm³/mol. The Morgan fingerprint density at radius 1 is 1.15 bits per heavy atom. The third-order valence-electron chi connectivity index (χ3n) is 5.69. The number of anilines is 4. The molecule has 4 N–H and O–H groups in total. The number of amides is 1. The first-order chi connectivity index (χ1) is 15.9. The lowest BCUT2D eigenvalue weighted by molar-refractivity contribution is 0.103. The van der Waals surface area contributed by atoms with E-state index >= 15 is 0 Å². The second-order valence-electron chi connectivity index (χ2n) is 7.94. The number of piperazine rings is 1. The van der Waals surface area contributed by atoms with Crippen LogP contribution in [0, 0.1) is 13.8 Å². The van der Waals surface area contributed by atoms with E-state index < -0.39 is 0 Å². The lowest BCUT2D eigenvalue weighted by atomic mass is 10.1. The molecule has 10 heteroatoms. The van der Waals surface area contributed by atoms with Crippen molar-refractivity contribution in [1.29, 1.82) is 0 Å².